The number of benzene rings is 1. The minimum atomic E-state index is -0.469. The highest BCUT2D eigenvalue weighted by Gasteiger charge is 2.16. The maximum absolute atomic E-state index is 12.2. The first kappa shape index (κ1) is 16.0. The van der Waals surface area contributed by atoms with Gasteiger partial charge in [0, 0.05) is 22.4 Å². The average molecular weight is 364 g/mol. The summed E-state index contributed by atoms with van der Waals surface area (Å²) in [6.07, 6.45) is 2.99. The number of nitrogens with zero attached hydrogens (tertiary/aromatic N) is 1. The highest BCUT2D eigenvalue weighted by molar-refractivity contribution is 9.10. The molecule has 1 aromatic carbocycles. The van der Waals surface area contributed by atoms with Gasteiger partial charge < -0.3 is 4.74 Å². The number of carbonyl (C=O) groups is 2. The lowest BCUT2D eigenvalue weighted by Gasteiger charge is -2.13. The Morgan fingerprint density at radius 3 is 2.41 bits per heavy atom. The van der Waals surface area contributed by atoms with E-state index in [0.717, 1.165) is 10.0 Å². The van der Waals surface area contributed by atoms with Crippen molar-refractivity contribution in [3.05, 3.63) is 57.8 Å². The molecule has 22 heavy (non-hydrogen) atoms. The van der Waals surface area contributed by atoms with Crippen LogP contribution in [0.4, 0.5) is 0 Å². The fourth-order valence-corrected chi connectivity index (χ4v) is 2.50. The Bertz CT molecular complexity index is 705. The molecule has 0 spiro atoms. The zero-order valence-corrected chi connectivity index (χ0v) is 13.6. The molecule has 0 aliphatic carbocycles. The minimum absolute atomic E-state index is 0.324. The summed E-state index contributed by atoms with van der Waals surface area (Å²) in [6, 6.07) is 6.56. The fraction of sp³-hybridized carbons (Fsp3) is 0.133. The third-order valence-electron chi connectivity index (χ3n) is 2.92. The molecule has 0 atom stereocenters. The largest absolute Gasteiger partial charge is 0.496 e. The number of pyridine rings is 1. The minimum Gasteiger partial charge on any atom is -0.496 e. The van der Waals surface area contributed by atoms with Crippen molar-refractivity contribution in [2.45, 2.75) is 6.92 Å². The SMILES string of the molecule is COc1c(C)cc(Br)cc1C(=O)NNC(=O)c1ccncc1. The van der Waals surface area contributed by atoms with Gasteiger partial charge in [0.15, 0.2) is 0 Å². The van der Waals surface area contributed by atoms with Crippen molar-refractivity contribution in [2.75, 3.05) is 7.11 Å². The molecule has 0 bridgehead atoms. The maximum Gasteiger partial charge on any atom is 0.273 e. The van der Waals surface area contributed by atoms with E-state index in [2.05, 4.69) is 31.8 Å². The molecule has 0 aliphatic heterocycles. The van der Waals surface area contributed by atoms with E-state index >= 15 is 0 Å². The van der Waals surface area contributed by atoms with Gasteiger partial charge in [0.1, 0.15) is 5.75 Å². The van der Waals surface area contributed by atoms with Gasteiger partial charge in [0.25, 0.3) is 11.8 Å². The van der Waals surface area contributed by atoms with Crippen LogP contribution >= 0.6 is 15.9 Å². The normalized spacial score (nSPS) is 9.95. The van der Waals surface area contributed by atoms with Crippen molar-refractivity contribution >= 4 is 27.7 Å². The first-order valence-corrected chi connectivity index (χ1v) is 7.17. The zero-order valence-electron chi connectivity index (χ0n) is 12.0. The number of nitrogens with one attached hydrogen (secondary N) is 2. The van der Waals surface area contributed by atoms with Crippen molar-refractivity contribution in [3.8, 4) is 5.75 Å². The predicted octanol–water partition coefficient (Wildman–Crippen LogP) is 2.24. The number of halogens is 1. The molecule has 7 heteroatoms. The van der Waals surface area contributed by atoms with E-state index in [4.69, 9.17) is 4.74 Å². The number of ether oxygens (including phenoxy) is 1. The van der Waals surface area contributed by atoms with E-state index in [0.29, 0.717) is 16.9 Å². The van der Waals surface area contributed by atoms with Gasteiger partial charge in [-0.3, -0.25) is 25.4 Å². The van der Waals surface area contributed by atoms with Crippen LogP contribution in [0.1, 0.15) is 26.3 Å². The number of hydrazine groups is 1. The molecular formula is C15H14BrN3O3. The number of amides is 2. The van der Waals surface area contributed by atoms with Crippen LogP contribution in [0.25, 0.3) is 0 Å². The van der Waals surface area contributed by atoms with Crippen molar-refractivity contribution in [2.24, 2.45) is 0 Å². The summed E-state index contributed by atoms with van der Waals surface area (Å²) < 4.78 is 5.99. The second-order valence-electron chi connectivity index (χ2n) is 4.45. The lowest BCUT2D eigenvalue weighted by atomic mass is 10.1. The lowest BCUT2D eigenvalue weighted by molar-refractivity contribution is 0.0844. The summed E-state index contributed by atoms with van der Waals surface area (Å²) in [4.78, 5) is 27.9. The lowest BCUT2D eigenvalue weighted by Crippen LogP contribution is -2.41. The van der Waals surface area contributed by atoms with Crippen LogP contribution in [0, 0.1) is 6.92 Å². The summed E-state index contributed by atoms with van der Waals surface area (Å²) in [5.74, 6) is -0.441. The third-order valence-corrected chi connectivity index (χ3v) is 3.38. The molecule has 2 aromatic rings. The molecule has 1 aromatic heterocycles. The summed E-state index contributed by atoms with van der Waals surface area (Å²) in [5, 5.41) is 0. The number of rotatable bonds is 3. The number of methoxy groups -OCH3 is 1. The Morgan fingerprint density at radius 2 is 1.77 bits per heavy atom. The average Bonchev–Trinajstić information content (AvgIpc) is 2.52. The molecule has 0 radical (unpaired) electrons. The van der Waals surface area contributed by atoms with Crippen LogP contribution in [-0.4, -0.2) is 23.9 Å². The molecule has 0 aliphatic rings. The van der Waals surface area contributed by atoms with E-state index in [1.54, 1.807) is 18.2 Å². The van der Waals surface area contributed by atoms with Gasteiger partial charge in [0.05, 0.1) is 12.7 Å². The summed E-state index contributed by atoms with van der Waals surface area (Å²) in [6.45, 7) is 1.83. The van der Waals surface area contributed by atoms with Crippen LogP contribution in [0.2, 0.25) is 0 Å². The molecule has 6 nitrogen and oxygen atoms in total. The monoisotopic (exact) mass is 363 g/mol. The van der Waals surface area contributed by atoms with Gasteiger partial charge in [-0.15, -0.1) is 0 Å². The summed E-state index contributed by atoms with van der Waals surface area (Å²) in [7, 11) is 1.49. The smallest absolute Gasteiger partial charge is 0.273 e. The van der Waals surface area contributed by atoms with Crippen molar-refractivity contribution in [1.29, 1.82) is 0 Å². The molecule has 2 N–H and O–H groups in total. The third kappa shape index (κ3) is 3.62. The molecule has 2 amide bonds. The number of hydrogen-bond donors (Lipinski definition) is 2. The quantitative estimate of drug-likeness (QED) is 0.819. The Balaban J connectivity index is 2.12. The number of hydrogen-bond acceptors (Lipinski definition) is 4. The Kier molecular flexibility index (Phi) is 5.11. The number of carbonyl (C=O) groups excluding carboxylic acids is 2. The molecule has 0 saturated heterocycles. The Labute approximate surface area is 136 Å². The van der Waals surface area contributed by atoms with Crippen molar-refractivity contribution in [1.82, 2.24) is 15.8 Å². The molecular weight excluding hydrogens is 350 g/mol. The first-order valence-electron chi connectivity index (χ1n) is 6.37. The predicted molar refractivity (Wildman–Crippen MR) is 84.6 cm³/mol. The van der Waals surface area contributed by atoms with E-state index in [1.165, 1.54) is 19.5 Å². The fourth-order valence-electron chi connectivity index (χ4n) is 1.93. The molecule has 114 valence electrons. The van der Waals surface area contributed by atoms with Crippen LogP contribution in [0.5, 0.6) is 5.75 Å². The standard InChI is InChI=1S/C15H14BrN3O3/c1-9-7-11(16)8-12(13(9)22-2)15(21)19-18-14(20)10-3-5-17-6-4-10/h3-8H,1-2H3,(H,18,20)(H,19,21). The van der Waals surface area contributed by atoms with Gasteiger partial charge in [-0.05, 0) is 36.8 Å². The maximum atomic E-state index is 12.2. The summed E-state index contributed by atoms with van der Waals surface area (Å²) in [5.41, 5.74) is 6.24. The Morgan fingerprint density at radius 1 is 1.14 bits per heavy atom. The van der Waals surface area contributed by atoms with E-state index in [9.17, 15) is 9.59 Å². The second-order valence-corrected chi connectivity index (χ2v) is 5.36. The molecule has 0 fully saturated rings. The first-order chi connectivity index (χ1) is 10.5. The van der Waals surface area contributed by atoms with Crippen LogP contribution in [0.3, 0.4) is 0 Å². The van der Waals surface area contributed by atoms with E-state index < -0.39 is 11.8 Å². The van der Waals surface area contributed by atoms with Gasteiger partial charge in [-0.1, -0.05) is 15.9 Å². The van der Waals surface area contributed by atoms with E-state index in [-0.39, 0.29) is 0 Å². The van der Waals surface area contributed by atoms with Crippen LogP contribution in [-0.2, 0) is 0 Å². The van der Waals surface area contributed by atoms with Crippen LogP contribution in [0.15, 0.2) is 41.1 Å². The molecule has 0 unspecified atom stereocenters. The molecule has 1 heterocycles. The van der Waals surface area contributed by atoms with Gasteiger partial charge >= 0.3 is 0 Å². The van der Waals surface area contributed by atoms with Gasteiger partial charge in [-0.25, -0.2) is 0 Å². The summed E-state index contributed by atoms with van der Waals surface area (Å²) >= 11 is 3.33. The number of aromatic nitrogens is 1. The zero-order chi connectivity index (χ0) is 16.1. The highest BCUT2D eigenvalue weighted by Crippen LogP contribution is 2.27. The van der Waals surface area contributed by atoms with Gasteiger partial charge in [0.2, 0.25) is 0 Å². The highest BCUT2D eigenvalue weighted by atomic mass is 79.9. The Hall–Kier alpha value is -2.41. The van der Waals surface area contributed by atoms with Crippen molar-refractivity contribution < 1.29 is 14.3 Å². The number of aryl methyl sites for hydroxylation is 1. The van der Waals surface area contributed by atoms with Gasteiger partial charge in [-0.2, -0.15) is 0 Å². The second kappa shape index (κ2) is 7.04. The topological polar surface area (TPSA) is 80.3 Å². The molecule has 0 saturated carbocycles. The van der Waals surface area contributed by atoms with Crippen LogP contribution < -0.4 is 15.6 Å². The van der Waals surface area contributed by atoms with E-state index in [1.807, 2.05) is 13.0 Å². The molecule has 2 rings (SSSR count). The van der Waals surface area contributed by atoms with Crippen molar-refractivity contribution in [3.63, 3.8) is 0 Å².